The van der Waals surface area contributed by atoms with Gasteiger partial charge in [-0.05, 0) is 90.0 Å². The first-order valence-corrected chi connectivity index (χ1v) is 13.2. The first-order valence-electron chi connectivity index (χ1n) is 11.8. The van der Waals surface area contributed by atoms with Crippen molar-refractivity contribution in [3.8, 4) is 5.75 Å². The summed E-state index contributed by atoms with van der Waals surface area (Å²) in [6.45, 7) is 9.50. The van der Waals surface area contributed by atoms with Gasteiger partial charge in [0.05, 0.1) is 10.6 Å². The van der Waals surface area contributed by atoms with Crippen molar-refractivity contribution in [1.29, 1.82) is 0 Å². The van der Waals surface area contributed by atoms with Gasteiger partial charge in [-0.1, -0.05) is 17.7 Å². The molecule has 2 aromatic rings. The normalized spacial score (nSPS) is 17.8. The maximum Gasteiger partial charge on any atom is 0.264 e. The zero-order valence-electron chi connectivity index (χ0n) is 19.3. The molecule has 2 heterocycles. The van der Waals surface area contributed by atoms with E-state index < -0.39 is 10.0 Å². The van der Waals surface area contributed by atoms with Crippen molar-refractivity contribution in [3.63, 3.8) is 0 Å². The van der Waals surface area contributed by atoms with Gasteiger partial charge >= 0.3 is 0 Å². The van der Waals surface area contributed by atoms with Crippen molar-refractivity contribution in [2.24, 2.45) is 0 Å². The SMILES string of the molecule is CCN(c1cc(CN2CCCC2)c(O)c(CN2CCCC2)c1)S(=O)(=O)c1ccc(C)cc1. The number of sulfonamides is 1. The maximum absolute atomic E-state index is 13.5. The van der Waals surface area contributed by atoms with Crippen molar-refractivity contribution < 1.29 is 13.5 Å². The van der Waals surface area contributed by atoms with Gasteiger partial charge in [-0.25, -0.2) is 8.42 Å². The Bertz CT molecular complexity index is 986. The summed E-state index contributed by atoms with van der Waals surface area (Å²) in [7, 11) is -3.70. The van der Waals surface area contributed by atoms with E-state index >= 15 is 0 Å². The molecule has 2 aliphatic heterocycles. The Balaban J connectivity index is 1.73. The van der Waals surface area contributed by atoms with Crippen LogP contribution in [0.25, 0.3) is 0 Å². The molecule has 0 radical (unpaired) electrons. The molecule has 1 N–H and O–H groups in total. The zero-order valence-corrected chi connectivity index (χ0v) is 20.1. The zero-order chi connectivity index (χ0) is 22.7. The smallest absolute Gasteiger partial charge is 0.264 e. The van der Waals surface area contributed by atoms with Crippen LogP contribution in [0.5, 0.6) is 5.75 Å². The Morgan fingerprint density at radius 3 is 1.78 bits per heavy atom. The largest absolute Gasteiger partial charge is 0.507 e. The predicted molar refractivity (Wildman–Crippen MR) is 129 cm³/mol. The van der Waals surface area contributed by atoms with Crippen LogP contribution in [0.15, 0.2) is 41.3 Å². The van der Waals surface area contributed by atoms with Gasteiger partial charge in [0.1, 0.15) is 5.75 Å². The number of hydrogen-bond donors (Lipinski definition) is 1. The molecule has 6 nitrogen and oxygen atoms in total. The van der Waals surface area contributed by atoms with Crippen molar-refractivity contribution >= 4 is 15.7 Å². The number of aryl methyl sites for hydroxylation is 1. The number of rotatable bonds is 8. The molecule has 0 aromatic heterocycles. The second kappa shape index (κ2) is 9.81. The summed E-state index contributed by atoms with van der Waals surface area (Å²) in [5.74, 6) is 0.316. The first-order chi connectivity index (χ1) is 15.4. The fourth-order valence-corrected chi connectivity index (χ4v) is 6.28. The lowest BCUT2D eigenvalue weighted by Crippen LogP contribution is -2.31. The van der Waals surface area contributed by atoms with E-state index in [2.05, 4.69) is 9.80 Å². The van der Waals surface area contributed by atoms with E-state index in [-0.39, 0.29) is 0 Å². The summed E-state index contributed by atoms with van der Waals surface area (Å²) >= 11 is 0. The summed E-state index contributed by atoms with van der Waals surface area (Å²) in [5, 5.41) is 11.1. The van der Waals surface area contributed by atoms with Crippen molar-refractivity contribution in [2.45, 2.75) is 57.5 Å². The number of phenolic OH excluding ortho intramolecular Hbond substituents is 1. The molecule has 0 unspecified atom stereocenters. The average molecular weight is 458 g/mol. The van der Waals surface area contributed by atoms with E-state index in [1.54, 1.807) is 12.1 Å². The Hall–Kier alpha value is -2.09. The molecule has 174 valence electrons. The highest BCUT2D eigenvalue weighted by Crippen LogP contribution is 2.34. The van der Waals surface area contributed by atoms with Gasteiger partial charge in [-0.2, -0.15) is 0 Å². The summed E-state index contributed by atoms with van der Waals surface area (Å²) in [6.07, 6.45) is 4.68. The molecule has 2 aromatic carbocycles. The molecule has 0 saturated carbocycles. The Morgan fingerprint density at radius 1 is 0.875 bits per heavy atom. The number of nitrogens with zero attached hydrogens (tertiary/aromatic N) is 3. The summed E-state index contributed by atoms with van der Waals surface area (Å²) < 4.78 is 28.5. The number of aromatic hydroxyl groups is 1. The lowest BCUT2D eigenvalue weighted by atomic mass is 10.1. The lowest BCUT2D eigenvalue weighted by Gasteiger charge is -2.27. The molecular weight excluding hydrogens is 422 g/mol. The highest BCUT2D eigenvalue weighted by Gasteiger charge is 2.27. The minimum atomic E-state index is -3.70. The van der Waals surface area contributed by atoms with E-state index in [1.165, 1.54) is 30.0 Å². The lowest BCUT2D eigenvalue weighted by molar-refractivity contribution is 0.312. The molecule has 2 fully saturated rings. The number of benzene rings is 2. The average Bonchev–Trinajstić information content (AvgIpc) is 3.46. The molecule has 0 aliphatic carbocycles. The molecule has 2 saturated heterocycles. The molecule has 0 amide bonds. The number of anilines is 1. The van der Waals surface area contributed by atoms with E-state index in [9.17, 15) is 13.5 Å². The summed E-state index contributed by atoms with van der Waals surface area (Å²) in [6, 6.07) is 10.7. The van der Waals surface area contributed by atoms with Crippen LogP contribution in [0.2, 0.25) is 0 Å². The van der Waals surface area contributed by atoms with E-state index in [4.69, 9.17) is 0 Å². The van der Waals surface area contributed by atoms with Gasteiger partial charge in [0.15, 0.2) is 0 Å². The van der Waals surface area contributed by atoms with E-state index in [1.807, 2.05) is 38.1 Å². The van der Waals surface area contributed by atoms with Crippen LogP contribution >= 0.6 is 0 Å². The van der Waals surface area contributed by atoms with Gasteiger partial charge in [0.25, 0.3) is 10.0 Å². The van der Waals surface area contributed by atoms with Crippen molar-refractivity contribution in [1.82, 2.24) is 9.80 Å². The standard InChI is InChI=1S/C25H35N3O3S/c1-3-28(32(30,31)24-10-8-20(2)9-11-24)23-16-21(18-26-12-4-5-13-26)25(29)22(17-23)19-27-14-6-7-15-27/h8-11,16-17,29H,3-7,12-15,18-19H2,1-2H3. The minimum Gasteiger partial charge on any atom is -0.507 e. The highest BCUT2D eigenvalue weighted by atomic mass is 32.2. The van der Waals surface area contributed by atoms with Gasteiger partial charge < -0.3 is 5.11 Å². The second-order valence-corrected chi connectivity index (χ2v) is 10.9. The Morgan fingerprint density at radius 2 is 1.34 bits per heavy atom. The molecule has 0 bridgehead atoms. The van der Waals surface area contributed by atoms with Crippen molar-refractivity contribution in [3.05, 3.63) is 53.1 Å². The van der Waals surface area contributed by atoms with Crippen LogP contribution in [0, 0.1) is 6.92 Å². The fourth-order valence-electron chi connectivity index (χ4n) is 4.82. The van der Waals surface area contributed by atoms with Crippen LogP contribution in [0.3, 0.4) is 0 Å². The first kappa shape index (κ1) is 23.1. The van der Waals surface area contributed by atoms with E-state index in [0.29, 0.717) is 36.0 Å². The Kier molecular flexibility index (Phi) is 7.08. The number of phenols is 1. The molecule has 7 heteroatoms. The van der Waals surface area contributed by atoms with E-state index in [0.717, 1.165) is 42.9 Å². The minimum absolute atomic E-state index is 0.292. The monoisotopic (exact) mass is 457 g/mol. The van der Waals surface area contributed by atoms with Crippen LogP contribution in [-0.2, 0) is 23.1 Å². The molecule has 32 heavy (non-hydrogen) atoms. The van der Waals surface area contributed by atoms with Gasteiger partial charge in [0, 0.05) is 30.8 Å². The van der Waals surface area contributed by atoms with Gasteiger partial charge in [-0.3, -0.25) is 14.1 Å². The number of hydrogen-bond acceptors (Lipinski definition) is 5. The maximum atomic E-state index is 13.5. The number of likely N-dealkylation sites (tertiary alicyclic amines) is 2. The van der Waals surface area contributed by atoms with Crippen LogP contribution in [0.1, 0.15) is 49.3 Å². The third-order valence-electron chi connectivity index (χ3n) is 6.62. The molecule has 2 aliphatic rings. The van der Waals surface area contributed by atoms with Crippen molar-refractivity contribution in [2.75, 3.05) is 37.0 Å². The van der Waals surface area contributed by atoms with Crippen LogP contribution < -0.4 is 4.31 Å². The van der Waals surface area contributed by atoms with Gasteiger partial charge in [-0.15, -0.1) is 0 Å². The quantitative estimate of drug-likeness (QED) is 0.646. The Labute approximate surface area is 192 Å². The topological polar surface area (TPSA) is 64.1 Å². The molecule has 0 spiro atoms. The van der Waals surface area contributed by atoms with Crippen LogP contribution in [-0.4, -0.2) is 56.0 Å². The molecule has 0 atom stereocenters. The molecule has 4 rings (SSSR count). The van der Waals surface area contributed by atoms with Gasteiger partial charge in [0.2, 0.25) is 0 Å². The van der Waals surface area contributed by atoms with Crippen LogP contribution in [0.4, 0.5) is 5.69 Å². The third-order valence-corrected chi connectivity index (χ3v) is 8.54. The highest BCUT2D eigenvalue weighted by molar-refractivity contribution is 7.92. The summed E-state index contributed by atoms with van der Waals surface area (Å²) in [4.78, 5) is 4.96. The summed E-state index contributed by atoms with van der Waals surface area (Å²) in [5.41, 5.74) is 3.29. The molecular formula is C25H35N3O3S. The third kappa shape index (κ3) is 4.95. The fraction of sp³-hybridized carbons (Fsp3) is 0.520. The second-order valence-electron chi connectivity index (χ2n) is 9.06. The predicted octanol–water partition coefficient (Wildman–Crippen LogP) is 4.11.